The van der Waals surface area contributed by atoms with Gasteiger partial charge in [-0.05, 0) is 37.3 Å². The zero-order valence-electron chi connectivity index (χ0n) is 14.5. The molecule has 0 amide bonds. The van der Waals surface area contributed by atoms with Gasteiger partial charge in [0.1, 0.15) is 12.0 Å². The Hall–Kier alpha value is -3.54. The minimum atomic E-state index is 0.609. The molecule has 0 aliphatic carbocycles. The van der Waals surface area contributed by atoms with Gasteiger partial charge in [-0.2, -0.15) is 4.98 Å². The molecule has 4 aromatic heterocycles. The maximum atomic E-state index is 4.89. The molecule has 0 fully saturated rings. The van der Waals surface area contributed by atoms with E-state index >= 15 is 0 Å². The van der Waals surface area contributed by atoms with Gasteiger partial charge >= 0.3 is 0 Å². The molecule has 6 heteroatoms. The summed E-state index contributed by atoms with van der Waals surface area (Å²) in [5.41, 5.74) is 5.68. The Kier molecular flexibility index (Phi) is 3.12. The standard InChI is InChI=1S/C20H16N6/c1-13-11-14(7-9-21-13)18-15-8-10-25(2)19(15)24-20(23-18)26-12-22-16-5-3-4-6-17(16)26/h3-12H,1-2H3. The average Bonchev–Trinajstić information content (AvgIpc) is 3.25. The lowest BCUT2D eigenvalue weighted by Crippen LogP contribution is -2.03. The van der Waals surface area contributed by atoms with Crippen LogP contribution in [0.1, 0.15) is 5.69 Å². The first kappa shape index (κ1) is 14.8. The molecular formula is C20H16N6. The molecule has 0 N–H and O–H groups in total. The first-order valence-electron chi connectivity index (χ1n) is 8.39. The number of aryl methyl sites for hydroxylation is 2. The van der Waals surface area contributed by atoms with E-state index in [9.17, 15) is 0 Å². The van der Waals surface area contributed by atoms with Gasteiger partial charge in [-0.1, -0.05) is 12.1 Å². The van der Waals surface area contributed by atoms with Crippen molar-refractivity contribution in [3.05, 3.63) is 66.9 Å². The number of hydrogen-bond donors (Lipinski definition) is 0. The lowest BCUT2D eigenvalue weighted by atomic mass is 10.1. The molecule has 0 aliphatic rings. The van der Waals surface area contributed by atoms with Crippen molar-refractivity contribution in [3.8, 4) is 17.2 Å². The summed E-state index contributed by atoms with van der Waals surface area (Å²) in [6, 6.07) is 14.1. The Morgan fingerprint density at radius 3 is 2.73 bits per heavy atom. The molecule has 0 saturated carbocycles. The lowest BCUT2D eigenvalue weighted by Gasteiger charge is -2.09. The Morgan fingerprint density at radius 1 is 0.962 bits per heavy atom. The van der Waals surface area contributed by atoms with Crippen LogP contribution in [0, 0.1) is 6.92 Å². The van der Waals surface area contributed by atoms with Crippen LogP contribution in [0.25, 0.3) is 39.3 Å². The van der Waals surface area contributed by atoms with E-state index in [1.54, 1.807) is 6.33 Å². The molecule has 0 spiro atoms. The second-order valence-electron chi connectivity index (χ2n) is 6.33. The van der Waals surface area contributed by atoms with Crippen molar-refractivity contribution in [1.82, 2.24) is 29.1 Å². The topological polar surface area (TPSA) is 61.4 Å². The second-order valence-corrected chi connectivity index (χ2v) is 6.33. The van der Waals surface area contributed by atoms with Gasteiger partial charge in [0.2, 0.25) is 5.95 Å². The van der Waals surface area contributed by atoms with Gasteiger partial charge in [-0.15, -0.1) is 0 Å². The Morgan fingerprint density at radius 2 is 1.85 bits per heavy atom. The zero-order chi connectivity index (χ0) is 17.7. The van der Waals surface area contributed by atoms with Gasteiger partial charge in [0.15, 0.2) is 0 Å². The van der Waals surface area contributed by atoms with Crippen molar-refractivity contribution < 1.29 is 0 Å². The van der Waals surface area contributed by atoms with Gasteiger partial charge in [-0.3, -0.25) is 9.55 Å². The summed E-state index contributed by atoms with van der Waals surface area (Å²) in [5.74, 6) is 0.609. The largest absolute Gasteiger partial charge is 0.335 e. The fraction of sp³-hybridized carbons (Fsp3) is 0.100. The second kappa shape index (κ2) is 5.49. The predicted octanol–water partition coefficient (Wildman–Crippen LogP) is 3.68. The molecule has 126 valence electrons. The van der Waals surface area contributed by atoms with Crippen molar-refractivity contribution in [2.24, 2.45) is 7.05 Å². The number of aromatic nitrogens is 6. The van der Waals surface area contributed by atoms with Crippen LogP contribution >= 0.6 is 0 Å². The van der Waals surface area contributed by atoms with E-state index in [1.807, 2.05) is 71.9 Å². The monoisotopic (exact) mass is 340 g/mol. The highest BCUT2D eigenvalue weighted by atomic mass is 15.2. The van der Waals surface area contributed by atoms with Crippen LogP contribution in [0.2, 0.25) is 0 Å². The molecule has 0 radical (unpaired) electrons. The van der Waals surface area contributed by atoms with Crippen molar-refractivity contribution in [2.45, 2.75) is 6.92 Å². The summed E-state index contributed by atoms with van der Waals surface area (Å²) in [6.45, 7) is 1.98. The lowest BCUT2D eigenvalue weighted by molar-refractivity contribution is 0.912. The molecule has 0 aliphatic heterocycles. The number of hydrogen-bond acceptors (Lipinski definition) is 4. The third kappa shape index (κ3) is 2.19. The van der Waals surface area contributed by atoms with Gasteiger partial charge in [-0.25, -0.2) is 9.97 Å². The molecule has 6 nitrogen and oxygen atoms in total. The van der Waals surface area contributed by atoms with Crippen LogP contribution in [0.15, 0.2) is 61.2 Å². The van der Waals surface area contributed by atoms with E-state index in [-0.39, 0.29) is 0 Å². The summed E-state index contributed by atoms with van der Waals surface area (Å²) < 4.78 is 3.94. The highest BCUT2D eigenvalue weighted by molar-refractivity contribution is 5.91. The van der Waals surface area contributed by atoms with E-state index < -0.39 is 0 Å². The first-order chi connectivity index (χ1) is 12.7. The molecule has 4 heterocycles. The van der Waals surface area contributed by atoms with Crippen LogP contribution in [-0.4, -0.2) is 29.1 Å². The predicted molar refractivity (Wildman–Crippen MR) is 101 cm³/mol. The summed E-state index contributed by atoms with van der Waals surface area (Å²) >= 11 is 0. The quantitative estimate of drug-likeness (QED) is 0.492. The first-order valence-corrected chi connectivity index (χ1v) is 8.39. The van der Waals surface area contributed by atoms with Gasteiger partial charge in [0.25, 0.3) is 0 Å². The van der Waals surface area contributed by atoms with Gasteiger partial charge in [0, 0.05) is 36.1 Å². The van der Waals surface area contributed by atoms with E-state index in [1.165, 1.54) is 0 Å². The zero-order valence-corrected chi connectivity index (χ0v) is 14.5. The van der Waals surface area contributed by atoms with Crippen LogP contribution in [-0.2, 0) is 7.05 Å². The van der Waals surface area contributed by atoms with E-state index in [0.29, 0.717) is 5.95 Å². The van der Waals surface area contributed by atoms with Crippen LogP contribution in [0.3, 0.4) is 0 Å². The van der Waals surface area contributed by atoms with E-state index in [4.69, 9.17) is 9.97 Å². The van der Waals surface area contributed by atoms with Crippen LogP contribution in [0.4, 0.5) is 0 Å². The Labute approximate surface area is 149 Å². The molecule has 0 bridgehead atoms. The van der Waals surface area contributed by atoms with Gasteiger partial charge < -0.3 is 4.57 Å². The van der Waals surface area contributed by atoms with Crippen LogP contribution in [0.5, 0.6) is 0 Å². The van der Waals surface area contributed by atoms with E-state index in [2.05, 4.69) is 16.0 Å². The summed E-state index contributed by atoms with van der Waals surface area (Å²) in [6.07, 6.45) is 5.59. The normalized spacial score (nSPS) is 11.5. The number of fused-ring (bicyclic) bond motifs is 2. The number of para-hydroxylation sites is 2. The molecular weight excluding hydrogens is 324 g/mol. The number of nitrogens with zero attached hydrogens (tertiary/aromatic N) is 6. The Bertz CT molecular complexity index is 1260. The maximum absolute atomic E-state index is 4.89. The Balaban J connectivity index is 1.83. The highest BCUT2D eigenvalue weighted by Gasteiger charge is 2.15. The molecule has 5 rings (SSSR count). The average molecular weight is 340 g/mol. The fourth-order valence-corrected chi connectivity index (χ4v) is 3.26. The SMILES string of the molecule is Cc1cc(-c2nc(-n3cnc4ccccc43)nc3c2ccn3C)ccn1. The fourth-order valence-electron chi connectivity index (χ4n) is 3.26. The molecule has 0 saturated heterocycles. The number of rotatable bonds is 2. The molecule has 1 aromatic carbocycles. The smallest absolute Gasteiger partial charge is 0.238 e. The molecule has 0 unspecified atom stereocenters. The summed E-state index contributed by atoms with van der Waals surface area (Å²) in [5, 5.41) is 1.02. The maximum Gasteiger partial charge on any atom is 0.238 e. The van der Waals surface area contributed by atoms with Crippen molar-refractivity contribution in [1.29, 1.82) is 0 Å². The van der Waals surface area contributed by atoms with Gasteiger partial charge in [0.05, 0.1) is 16.7 Å². The number of benzene rings is 1. The van der Waals surface area contributed by atoms with Crippen molar-refractivity contribution in [3.63, 3.8) is 0 Å². The minimum absolute atomic E-state index is 0.609. The number of imidazole rings is 1. The van der Waals surface area contributed by atoms with Crippen molar-refractivity contribution >= 4 is 22.1 Å². The molecule has 26 heavy (non-hydrogen) atoms. The van der Waals surface area contributed by atoms with Crippen molar-refractivity contribution in [2.75, 3.05) is 0 Å². The number of pyridine rings is 1. The molecule has 5 aromatic rings. The summed E-state index contributed by atoms with van der Waals surface area (Å²) in [4.78, 5) is 18.5. The molecule has 0 atom stereocenters. The summed E-state index contributed by atoms with van der Waals surface area (Å²) in [7, 11) is 1.99. The minimum Gasteiger partial charge on any atom is -0.335 e. The highest BCUT2D eigenvalue weighted by Crippen LogP contribution is 2.28. The van der Waals surface area contributed by atoms with E-state index in [0.717, 1.165) is 39.0 Å². The third-order valence-electron chi connectivity index (χ3n) is 4.55. The third-order valence-corrected chi connectivity index (χ3v) is 4.55. The van der Waals surface area contributed by atoms with Crippen LogP contribution < -0.4 is 0 Å².